The summed E-state index contributed by atoms with van der Waals surface area (Å²) in [6, 6.07) is 4.05. The van der Waals surface area contributed by atoms with Crippen molar-refractivity contribution in [1.29, 1.82) is 10.5 Å². The van der Waals surface area contributed by atoms with Crippen LogP contribution in [0.2, 0.25) is 0 Å². The molecule has 0 rings (SSSR count). The molecule has 0 aromatic rings. The van der Waals surface area contributed by atoms with Gasteiger partial charge in [-0.1, -0.05) is 26.7 Å². The molecule has 0 saturated heterocycles. The van der Waals surface area contributed by atoms with Crippen molar-refractivity contribution in [2.75, 3.05) is 0 Å². The van der Waals surface area contributed by atoms with E-state index >= 15 is 0 Å². The molecule has 2 unspecified atom stereocenters. The van der Waals surface area contributed by atoms with E-state index in [0.717, 1.165) is 0 Å². The van der Waals surface area contributed by atoms with Crippen LogP contribution >= 0.6 is 0 Å². The minimum absolute atomic E-state index is 0.00272. The second-order valence-corrected chi connectivity index (χ2v) is 5.77. The van der Waals surface area contributed by atoms with Gasteiger partial charge in [0.15, 0.2) is 11.1 Å². The molecule has 0 aromatic heterocycles. The van der Waals surface area contributed by atoms with Gasteiger partial charge in [-0.2, -0.15) is 20.8 Å². The number of nitriles is 2. The predicted molar refractivity (Wildman–Crippen MR) is 85.1 cm³/mol. The van der Waals surface area contributed by atoms with Crippen LogP contribution < -0.4 is 0 Å². The van der Waals surface area contributed by atoms with Crippen LogP contribution in [0.25, 0.3) is 0 Å². The van der Waals surface area contributed by atoms with E-state index in [-0.39, 0.29) is 25.7 Å². The van der Waals surface area contributed by atoms with Gasteiger partial charge in [0.2, 0.25) is 0 Å². The first-order chi connectivity index (χ1) is 11.3. The summed E-state index contributed by atoms with van der Waals surface area (Å²) in [7, 11) is 0. The summed E-state index contributed by atoms with van der Waals surface area (Å²) >= 11 is 0. The molecule has 0 radical (unpaired) electrons. The summed E-state index contributed by atoms with van der Waals surface area (Å²) < 4.78 is 0. The Bertz CT molecular complexity index is 501. The van der Waals surface area contributed by atoms with E-state index in [1.807, 2.05) is 26.0 Å². The zero-order chi connectivity index (χ0) is 18.6. The van der Waals surface area contributed by atoms with Crippen LogP contribution in [0.15, 0.2) is 10.2 Å². The van der Waals surface area contributed by atoms with Crippen LogP contribution in [-0.2, 0) is 9.59 Å². The number of carboxylic acid groups (broad SMARTS) is 2. The van der Waals surface area contributed by atoms with E-state index in [9.17, 15) is 20.1 Å². The Morgan fingerprint density at radius 2 is 1.17 bits per heavy atom. The summed E-state index contributed by atoms with van der Waals surface area (Å²) in [4.78, 5) is 21.6. The first-order valence-electron chi connectivity index (χ1n) is 7.99. The zero-order valence-electron chi connectivity index (χ0n) is 14.2. The van der Waals surface area contributed by atoms with E-state index in [2.05, 4.69) is 10.2 Å². The standard InChI is InChI=1S/C16H24N4O4/c1-3-7-15(11-17,9-5-13(21)22)19-20-16(12-18,8-4-2)10-6-14(23)24/h3-10H2,1-2H3,(H,21,22)(H,23,24). The summed E-state index contributed by atoms with van der Waals surface area (Å²) in [6.07, 6.45) is 1.42. The fourth-order valence-electron chi connectivity index (χ4n) is 2.36. The number of azo groups is 1. The minimum Gasteiger partial charge on any atom is -0.481 e. The maximum atomic E-state index is 10.8. The number of hydrogen-bond donors (Lipinski definition) is 2. The fourth-order valence-corrected chi connectivity index (χ4v) is 2.36. The van der Waals surface area contributed by atoms with Crippen LogP contribution in [0.4, 0.5) is 0 Å². The SMILES string of the molecule is CCCC(C#N)(CCC(=O)O)N=NC(C#N)(CCC)CCC(=O)O. The summed E-state index contributed by atoms with van der Waals surface area (Å²) in [5.41, 5.74) is -2.60. The third kappa shape index (κ3) is 7.19. The lowest BCUT2D eigenvalue weighted by Gasteiger charge is -2.24. The molecule has 8 nitrogen and oxygen atoms in total. The highest BCUT2D eigenvalue weighted by Gasteiger charge is 2.34. The molecule has 0 aliphatic carbocycles. The molecule has 0 saturated carbocycles. The van der Waals surface area contributed by atoms with E-state index in [0.29, 0.717) is 25.7 Å². The average molecular weight is 336 g/mol. The highest BCUT2D eigenvalue weighted by molar-refractivity contribution is 5.67. The van der Waals surface area contributed by atoms with Crippen molar-refractivity contribution < 1.29 is 19.8 Å². The van der Waals surface area contributed by atoms with Crippen molar-refractivity contribution in [2.24, 2.45) is 10.2 Å². The highest BCUT2D eigenvalue weighted by atomic mass is 16.4. The van der Waals surface area contributed by atoms with Gasteiger partial charge in [-0.25, -0.2) is 0 Å². The van der Waals surface area contributed by atoms with Crippen molar-refractivity contribution in [1.82, 2.24) is 0 Å². The smallest absolute Gasteiger partial charge is 0.303 e. The highest BCUT2D eigenvalue weighted by Crippen LogP contribution is 2.30. The summed E-state index contributed by atoms with van der Waals surface area (Å²) in [6.45, 7) is 3.69. The molecule has 0 spiro atoms. The molecule has 2 atom stereocenters. The third-order valence-corrected chi connectivity index (χ3v) is 3.68. The van der Waals surface area contributed by atoms with Gasteiger partial charge < -0.3 is 10.2 Å². The third-order valence-electron chi connectivity index (χ3n) is 3.68. The van der Waals surface area contributed by atoms with Crippen molar-refractivity contribution in [3.05, 3.63) is 0 Å². The molecule has 0 aliphatic rings. The van der Waals surface area contributed by atoms with E-state index in [1.165, 1.54) is 0 Å². The monoisotopic (exact) mass is 336 g/mol. The Balaban J connectivity index is 5.55. The van der Waals surface area contributed by atoms with Crippen molar-refractivity contribution in [3.8, 4) is 12.1 Å². The number of nitrogens with zero attached hydrogens (tertiary/aromatic N) is 4. The maximum absolute atomic E-state index is 10.8. The van der Waals surface area contributed by atoms with Crippen LogP contribution in [0.5, 0.6) is 0 Å². The molecule has 0 bridgehead atoms. The van der Waals surface area contributed by atoms with Gasteiger partial charge in [0.05, 0.1) is 12.1 Å². The van der Waals surface area contributed by atoms with Crippen molar-refractivity contribution in [2.45, 2.75) is 76.3 Å². The second-order valence-electron chi connectivity index (χ2n) is 5.77. The lowest BCUT2D eigenvalue weighted by molar-refractivity contribution is -0.138. The lowest BCUT2D eigenvalue weighted by atomic mass is 9.89. The van der Waals surface area contributed by atoms with E-state index < -0.39 is 23.0 Å². The fraction of sp³-hybridized carbons (Fsp3) is 0.750. The van der Waals surface area contributed by atoms with Crippen LogP contribution in [0.1, 0.15) is 65.2 Å². The van der Waals surface area contributed by atoms with Crippen LogP contribution in [-0.4, -0.2) is 33.2 Å². The maximum Gasteiger partial charge on any atom is 0.303 e. The quantitative estimate of drug-likeness (QED) is 0.522. The van der Waals surface area contributed by atoms with E-state index in [4.69, 9.17) is 10.2 Å². The van der Waals surface area contributed by atoms with Gasteiger partial charge in [0, 0.05) is 12.8 Å². The summed E-state index contributed by atoms with van der Waals surface area (Å²) in [5, 5.41) is 44.7. The number of aliphatic carboxylic acids is 2. The first-order valence-corrected chi connectivity index (χ1v) is 7.99. The van der Waals surface area contributed by atoms with Gasteiger partial charge in [0.25, 0.3) is 0 Å². The average Bonchev–Trinajstić information content (AvgIpc) is 2.55. The van der Waals surface area contributed by atoms with Crippen molar-refractivity contribution in [3.63, 3.8) is 0 Å². The Morgan fingerprint density at radius 3 is 1.38 bits per heavy atom. The molecule has 0 aliphatic heterocycles. The largest absolute Gasteiger partial charge is 0.481 e. The van der Waals surface area contributed by atoms with Crippen LogP contribution in [0.3, 0.4) is 0 Å². The molecular formula is C16H24N4O4. The van der Waals surface area contributed by atoms with Gasteiger partial charge >= 0.3 is 11.9 Å². The lowest BCUT2D eigenvalue weighted by Crippen LogP contribution is -2.29. The molecule has 0 heterocycles. The Kier molecular flexibility index (Phi) is 9.26. The molecule has 0 amide bonds. The molecule has 0 aromatic carbocycles. The predicted octanol–water partition coefficient (Wildman–Crippen LogP) is 3.29. The van der Waals surface area contributed by atoms with Crippen molar-refractivity contribution >= 4 is 11.9 Å². The molecule has 2 N–H and O–H groups in total. The van der Waals surface area contributed by atoms with E-state index in [1.54, 1.807) is 0 Å². The molecule has 8 heteroatoms. The van der Waals surface area contributed by atoms with Gasteiger partial charge in [-0.3, -0.25) is 9.59 Å². The number of rotatable bonds is 12. The second kappa shape index (κ2) is 10.3. The Labute approximate surface area is 141 Å². The zero-order valence-corrected chi connectivity index (χ0v) is 14.2. The number of hydrogen-bond acceptors (Lipinski definition) is 6. The van der Waals surface area contributed by atoms with Crippen LogP contribution in [0, 0.1) is 22.7 Å². The Morgan fingerprint density at radius 1 is 0.833 bits per heavy atom. The van der Waals surface area contributed by atoms with Gasteiger partial charge in [-0.05, 0) is 25.7 Å². The molecule has 132 valence electrons. The molecular weight excluding hydrogens is 312 g/mol. The molecule has 0 fully saturated rings. The van der Waals surface area contributed by atoms with Gasteiger partial charge in [0.1, 0.15) is 0 Å². The normalized spacial score (nSPS) is 15.8. The Hall–Kier alpha value is -2.48. The minimum atomic E-state index is -1.30. The summed E-state index contributed by atoms with van der Waals surface area (Å²) in [5.74, 6) is -2.07. The topological polar surface area (TPSA) is 147 Å². The molecule has 24 heavy (non-hydrogen) atoms. The number of carbonyl (C=O) groups is 2. The van der Waals surface area contributed by atoms with Gasteiger partial charge in [-0.15, -0.1) is 0 Å². The first kappa shape index (κ1) is 21.5. The number of carboxylic acids is 2.